The number of hydrogen-bond donors (Lipinski definition) is 0. The van der Waals surface area contributed by atoms with Crippen LogP contribution in [0, 0.1) is 6.92 Å². The zero-order valence-corrected chi connectivity index (χ0v) is 16.0. The molecule has 0 amide bonds. The molecule has 1 aromatic heterocycles. The van der Waals surface area contributed by atoms with E-state index in [-0.39, 0.29) is 0 Å². The van der Waals surface area contributed by atoms with E-state index in [0.717, 1.165) is 40.5 Å². The van der Waals surface area contributed by atoms with E-state index in [1.54, 1.807) is 0 Å². The van der Waals surface area contributed by atoms with Crippen molar-refractivity contribution in [1.82, 2.24) is 0 Å². The Morgan fingerprint density at radius 3 is 2.63 bits per heavy atom. The highest BCUT2D eigenvalue weighted by atomic mass is 16.3. The summed E-state index contributed by atoms with van der Waals surface area (Å²) in [5, 5.41) is 2.33. The highest BCUT2D eigenvalue weighted by Gasteiger charge is 2.20. The van der Waals surface area contributed by atoms with Crippen LogP contribution in [0.4, 0.5) is 0 Å². The second-order valence-corrected chi connectivity index (χ2v) is 7.26. The van der Waals surface area contributed by atoms with Gasteiger partial charge in [-0.2, -0.15) is 0 Å². The van der Waals surface area contributed by atoms with Crippen molar-refractivity contribution in [1.29, 1.82) is 0 Å². The molecule has 1 aliphatic rings. The van der Waals surface area contributed by atoms with E-state index < -0.39 is 0 Å². The molecule has 0 radical (unpaired) electrons. The number of fused-ring (bicyclic) bond motifs is 3. The fourth-order valence-electron chi connectivity index (χ4n) is 3.84. The Labute approximate surface area is 160 Å². The SMILES string of the molecule is C=C(C)/C=C\C(=C)c1c(C)cc2oc3ccccc3c2c1C1=CCCC=C1. The number of allylic oxidation sites excluding steroid dienone is 8. The van der Waals surface area contributed by atoms with Gasteiger partial charge in [0.1, 0.15) is 11.2 Å². The molecule has 0 saturated carbocycles. The summed E-state index contributed by atoms with van der Waals surface area (Å²) in [5.41, 5.74) is 8.71. The van der Waals surface area contributed by atoms with Crippen LogP contribution in [0.15, 0.2) is 83.9 Å². The second kappa shape index (κ2) is 6.92. The first kappa shape index (κ1) is 17.4. The fraction of sp³-hybridized carbons (Fsp3) is 0.154. The van der Waals surface area contributed by atoms with Gasteiger partial charge >= 0.3 is 0 Å². The zero-order valence-electron chi connectivity index (χ0n) is 16.0. The first-order valence-electron chi connectivity index (χ1n) is 9.41. The second-order valence-electron chi connectivity index (χ2n) is 7.26. The average molecular weight is 352 g/mol. The Morgan fingerprint density at radius 1 is 1.07 bits per heavy atom. The van der Waals surface area contributed by atoms with Crippen molar-refractivity contribution in [3.8, 4) is 0 Å². The van der Waals surface area contributed by atoms with Crippen LogP contribution in [0.3, 0.4) is 0 Å². The molecule has 1 heteroatoms. The Hall–Kier alpha value is -3.06. The van der Waals surface area contributed by atoms with Gasteiger partial charge in [0.2, 0.25) is 0 Å². The molecule has 4 rings (SSSR count). The van der Waals surface area contributed by atoms with E-state index in [9.17, 15) is 0 Å². The third kappa shape index (κ3) is 3.10. The van der Waals surface area contributed by atoms with Crippen molar-refractivity contribution in [3.63, 3.8) is 0 Å². The van der Waals surface area contributed by atoms with E-state index in [2.05, 4.69) is 62.6 Å². The van der Waals surface area contributed by atoms with Gasteiger partial charge in [-0.3, -0.25) is 0 Å². The summed E-state index contributed by atoms with van der Waals surface area (Å²) in [6, 6.07) is 10.4. The van der Waals surface area contributed by atoms with Gasteiger partial charge < -0.3 is 4.42 Å². The molecule has 0 atom stereocenters. The molecule has 0 unspecified atom stereocenters. The van der Waals surface area contributed by atoms with Gasteiger partial charge in [-0.05, 0) is 61.1 Å². The van der Waals surface area contributed by atoms with Gasteiger partial charge in [-0.1, -0.05) is 67.3 Å². The van der Waals surface area contributed by atoms with Crippen LogP contribution in [-0.4, -0.2) is 0 Å². The Balaban J connectivity index is 2.10. The molecule has 1 aliphatic carbocycles. The first-order chi connectivity index (χ1) is 13.1. The molecular weight excluding hydrogens is 328 g/mol. The normalized spacial score (nSPS) is 14.2. The molecule has 0 bridgehead atoms. The zero-order chi connectivity index (χ0) is 19.0. The molecule has 3 aromatic rings. The van der Waals surface area contributed by atoms with Crippen LogP contribution in [-0.2, 0) is 0 Å². The quantitative estimate of drug-likeness (QED) is 0.437. The van der Waals surface area contributed by atoms with Crippen LogP contribution in [0.2, 0.25) is 0 Å². The van der Waals surface area contributed by atoms with Crippen LogP contribution in [0.25, 0.3) is 33.1 Å². The average Bonchev–Trinajstić information content (AvgIpc) is 3.03. The van der Waals surface area contributed by atoms with Crippen molar-refractivity contribution in [3.05, 3.63) is 96.1 Å². The van der Waals surface area contributed by atoms with Gasteiger partial charge in [0, 0.05) is 16.3 Å². The molecule has 1 heterocycles. The van der Waals surface area contributed by atoms with Crippen LogP contribution >= 0.6 is 0 Å². The third-order valence-corrected chi connectivity index (χ3v) is 5.04. The van der Waals surface area contributed by atoms with E-state index in [1.165, 1.54) is 27.6 Å². The van der Waals surface area contributed by atoms with E-state index in [1.807, 2.05) is 25.1 Å². The summed E-state index contributed by atoms with van der Waals surface area (Å²) < 4.78 is 6.18. The molecule has 0 saturated heterocycles. The topological polar surface area (TPSA) is 13.1 Å². The third-order valence-electron chi connectivity index (χ3n) is 5.04. The number of hydrogen-bond acceptors (Lipinski definition) is 1. The maximum absolute atomic E-state index is 6.18. The minimum Gasteiger partial charge on any atom is -0.456 e. The smallest absolute Gasteiger partial charge is 0.136 e. The lowest BCUT2D eigenvalue weighted by atomic mass is 9.86. The molecule has 0 fully saturated rings. The number of rotatable bonds is 4. The number of para-hydroxylation sites is 1. The molecule has 134 valence electrons. The monoisotopic (exact) mass is 352 g/mol. The standard InChI is InChI=1S/C26H24O/c1-17(2)14-15-18(3)24-19(4)16-23-26(21-12-8-9-13-22(21)27-23)25(24)20-10-6-5-7-11-20/h6,8-16H,1,3,5,7H2,2,4H3/b15-14-. The van der Waals surface area contributed by atoms with Crippen LogP contribution < -0.4 is 0 Å². The summed E-state index contributed by atoms with van der Waals surface area (Å²) in [4.78, 5) is 0. The predicted octanol–water partition coefficient (Wildman–Crippen LogP) is 7.77. The molecule has 0 aliphatic heterocycles. The molecule has 0 spiro atoms. The van der Waals surface area contributed by atoms with Gasteiger partial charge in [0.25, 0.3) is 0 Å². The highest BCUT2D eigenvalue weighted by Crippen LogP contribution is 2.41. The Bertz CT molecular complexity index is 1160. The van der Waals surface area contributed by atoms with Gasteiger partial charge in [-0.15, -0.1) is 0 Å². The summed E-state index contributed by atoms with van der Waals surface area (Å²) in [5.74, 6) is 0. The minimum absolute atomic E-state index is 0.925. The summed E-state index contributed by atoms with van der Waals surface area (Å²) in [7, 11) is 0. The summed E-state index contributed by atoms with van der Waals surface area (Å²) in [6.07, 6.45) is 13.1. The summed E-state index contributed by atoms with van der Waals surface area (Å²) >= 11 is 0. The fourth-order valence-corrected chi connectivity index (χ4v) is 3.84. The highest BCUT2D eigenvalue weighted by molar-refractivity contribution is 6.13. The van der Waals surface area contributed by atoms with E-state index in [4.69, 9.17) is 4.42 Å². The van der Waals surface area contributed by atoms with Crippen molar-refractivity contribution >= 4 is 33.1 Å². The van der Waals surface area contributed by atoms with E-state index >= 15 is 0 Å². The molecular formula is C26H24O. The lowest BCUT2D eigenvalue weighted by Gasteiger charge is -2.17. The van der Waals surface area contributed by atoms with Gasteiger partial charge in [-0.25, -0.2) is 0 Å². The molecule has 27 heavy (non-hydrogen) atoms. The number of furan rings is 1. The molecule has 2 aromatic carbocycles. The van der Waals surface area contributed by atoms with Crippen molar-refractivity contribution in [2.24, 2.45) is 0 Å². The first-order valence-corrected chi connectivity index (χ1v) is 9.41. The maximum atomic E-state index is 6.18. The Morgan fingerprint density at radius 2 is 1.89 bits per heavy atom. The number of benzene rings is 2. The summed E-state index contributed by atoms with van der Waals surface area (Å²) in [6.45, 7) is 12.5. The largest absolute Gasteiger partial charge is 0.456 e. The lowest BCUT2D eigenvalue weighted by Crippen LogP contribution is -1.97. The predicted molar refractivity (Wildman–Crippen MR) is 118 cm³/mol. The van der Waals surface area contributed by atoms with Crippen LogP contribution in [0.5, 0.6) is 0 Å². The maximum Gasteiger partial charge on any atom is 0.136 e. The van der Waals surface area contributed by atoms with Crippen molar-refractivity contribution < 1.29 is 4.42 Å². The van der Waals surface area contributed by atoms with Gasteiger partial charge in [0.05, 0.1) is 0 Å². The minimum atomic E-state index is 0.925. The lowest BCUT2D eigenvalue weighted by molar-refractivity contribution is 0.668. The number of aryl methyl sites for hydroxylation is 1. The van der Waals surface area contributed by atoms with Crippen molar-refractivity contribution in [2.45, 2.75) is 26.7 Å². The molecule has 0 N–H and O–H groups in total. The Kier molecular flexibility index (Phi) is 4.45. The van der Waals surface area contributed by atoms with Crippen LogP contribution in [0.1, 0.15) is 36.5 Å². The van der Waals surface area contributed by atoms with E-state index in [0.29, 0.717) is 0 Å². The molecule has 1 nitrogen and oxygen atoms in total. The van der Waals surface area contributed by atoms with Crippen molar-refractivity contribution in [2.75, 3.05) is 0 Å². The van der Waals surface area contributed by atoms with Gasteiger partial charge in [0.15, 0.2) is 0 Å².